The van der Waals surface area contributed by atoms with Gasteiger partial charge in [-0.2, -0.15) is 0 Å². The van der Waals surface area contributed by atoms with Gasteiger partial charge >= 0.3 is 0 Å². The number of rotatable bonds is 2. The van der Waals surface area contributed by atoms with Gasteiger partial charge in [-0.25, -0.2) is 12.8 Å². The van der Waals surface area contributed by atoms with Gasteiger partial charge in [-0.05, 0) is 43.5 Å². The van der Waals surface area contributed by atoms with E-state index in [4.69, 9.17) is 0 Å². The summed E-state index contributed by atoms with van der Waals surface area (Å²) in [5, 5.41) is 0. The SMILES string of the molecule is O=S1(=O)c2cccc(F)c2CN1c1ccccc1N1CCCCC1. The van der Waals surface area contributed by atoms with Gasteiger partial charge in [0.25, 0.3) is 10.0 Å². The van der Waals surface area contributed by atoms with Crippen molar-refractivity contribution in [2.45, 2.75) is 30.7 Å². The third-order valence-electron chi connectivity index (χ3n) is 4.79. The van der Waals surface area contributed by atoms with Gasteiger partial charge in [0.05, 0.1) is 22.8 Å². The number of benzene rings is 2. The Morgan fingerprint density at radius 3 is 2.29 bits per heavy atom. The highest BCUT2D eigenvalue weighted by molar-refractivity contribution is 7.93. The summed E-state index contributed by atoms with van der Waals surface area (Å²) in [6, 6.07) is 11.8. The summed E-state index contributed by atoms with van der Waals surface area (Å²) >= 11 is 0. The smallest absolute Gasteiger partial charge is 0.265 e. The summed E-state index contributed by atoms with van der Waals surface area (Å²) in [5.74, 6) is -0.464. The van der Waals surface area contributed by atoms with Gasteiger partial charge in [0.15, 0.2) is 0 Å². The molecule has 0 aromatic heterocycles. The summed E-state index contributed by atoms with van der Waals surface area (Å²) in [7, 11) is -3.72. The van der Waals surface area contributed by atoms with Crippen LogP contribution in [0.4, 0.5) is 15.8 Å². The van der Waals surface area contributed by atoms with Crippen LogP contribution in [-0.4, -0.2) is 21.5 Å². The summed E-state index contributed by atoms with van der Waals surface area (Å²) in [6.07, 6.45) is 3.42. The molecule has 2 aliphatic rings. The monoisotopic (exact) mass is 346 g/mol. The molecule has 2 aromatic rings. The quantitative estimate of drug-likeness (QED) is 0.835. The fraction of sp³-hybridized carbons (Fsp3) is 0.333. The van der Waals surface area contributed by atoms with Crippen LogP contribution in [0.2, 0.25) is 0 Å². The Morgan fingerprint density at radius 2 is 1.58 bits per heavy atom. The molecule has 0 atom stereocenters. The highest BCUT2D eigenvalue weighted by Crippen LogP contribution is 2.40. The van der Waals surface area contributed by atoms with E-state index in [1.54, 1.807) is 0 Å². The maximum atomic E-state index is 14.1. The van der Waals surface area contributed by atoms with Gasteiger partial charge in [-0.1, -0.05) is 18.2 Å². The molecule has 4 rings (SSSR count). The maximum Gasteiger partial charge on any atom is 0.265 e. The second-order valence-electron chi connectivity index (χ2n) is 6.26. The zero-order valence-electron chi connectivity index (χ0n) is 13.3. The molecule has 0 spiro atoms. The van der Waals surface area contributed by atoms with Crippen LogP contribution in [0.3, 0.4) is 0 Å². The number of nitrogens with zero attached hydrogens (tertiary/aromatic N) is 2. The Kier molecular flexibility index (Phi) is 3.72. The lowest BCUT2D eigenvalue weighted by Crippen LogP contribution is -2.32. The molecule has 0 unspecified atom stereocenters. The number of fused-ring (bicyclic) bond motifs is 1. The maximum absolute atomic E-state index is 14.1. The normalized spacial score (nSPS) is 19.4. The van der Waals surface area contributed by atoms with Crippen LogP contribution in [-0.2, 0) is 16.6 Å². The molecule has 126 valence electrons. The zero-order valence-corrected chi connectivity index (χ0v) is 14.1. The first-order valence-corrected chi connectivity index (χ1v) is 9.67. The summed E-state index contributed by atoms with van der Waals surface area (Å²) < 4.78 is 41.2. The second kappa shape index (κ2) is 5.77. The van der Waals surface area contributed by atoms with Crippen molar-refractivity contribution in [1.29, 1.82) is 0 Å². The second-order valence-corrected chi connectivity index (χ2v) is 8.10. The van der Waals surface area contributed by atoms with Crippen LogP contribution in [0.5, 0.6) is 0 Å². The Hall–Kier alpha value is -2.08. The van der Waals surface area contributed by atoms with Crippen molar-refractivity contribution < 1.29 is 12.8 Å². The third kappa shape index (κ3) is 2.36. The molecular formula is C18H19FN2O2S. The standard InChI is InChI=1S/C18H19FN2O2S/c19-15-7-6-10-18-14(15)13-21(24(18,22)23)17-9-3-2-8-16(17)20-11-4-1-5-12-20/h2-3,6-10H,1,4-5,11-13H2. The third-order valence-corrected chi connectivity index (χ3v) is 6.64. The van der Waals surface area contributed by atoms with Crippen molar-refractivity contribution in [3.8, 4) is 0 Å². The summed E-state index contributed by atoms with van der Waals surface area (Å²) in [5.41, 5.74) is 1.80. The average Bonchev–Trinajstić information content (AvgIpc) is 2.88. The number of hydrogen-bond acceptors (Lipinski definition) is 3. The number of hydrogen-bond donors (Lipinski definition) is 0. The molecule has 1 saturated heterocycles. The number of para-hydroxylation sites is 2. The molecule has 6 heteroatoms. The molecule has 0 amide bonds. The van der Waals surface area contributed by atoms with E-state index in [9.17, 15) is 12.8 Å². The molecule has 2 aromatic carbocycles. The summed E-state index contributed by atoms with van der Waals surface area (Å²) in [6.45, 7) is 1.90. The highest BCUT2D eigenvalue weighted by atomic mass is 32.2. The van der Waals surface area contributed by atoms with Gasteiger partial charge in [0.2, 0.25) is 0 Å². The van der Waals surface area contributed by atoms with Crippen LogP contribution in [0.1, 0.15) is 24.8 Å². The first-order valence-electron chi connectivity index (χ1n) is 8.23. The van der Waals surface area contributed by atoms with Crippen LogP contribution >= 0.6 is 0 Å². The van der Waals surface area contributed by atoms with Crippen molar-refractivity contribution in [2.75, 3.05) is 22.3 Å². The van der Waals surface area contributed by atoms with Crippen molar-refractivity contribution in [2.24, 2.45) is 0 Å². The molecule has 0 bridgehead atoms. The lowest BCUT2D eigenvalue weighted by molar-refractivity contribution is 0.577. The van der Waals surface area contributed by atoms with E-state index in [2.05, 4.69) is 4.90 Å². The molecule has 2 aliphatic heterocycles. The number of sulfonamides is 1. The van der Waals surface area contributed by atoms with Crippen LogP contribution in [0.15, 0.2) is 47.4 Å². The summed E-state index contributed by atoms with van der Waals surface area (Å²) in [4.78, 5) is 2.31. The van der Waals surface area contributed by atoms with Gasteiger partial charge in [-0.3, -0.25) is 4.31 Å². The molecule has 2 heterocycles. The highest BCUT2D eigenvalue weighted by Gasteiger charge is 2.38. The van der Waals surface area contributed by atoms with Gasteiger partial charge in [0.1, 0.15) is 5.82 Å². The zero-order chi connectivity index (χ0) is 16.7. The van der Waals surface area contributed by atoms with E-state index in [0.29, 0.717) is 5.69 Å². The molecule has 24 heavy (non-hydrogen) atoms. The van der Waals surface area contributed by atoms with E-state index >= 15 is 0 Å². The molecular weight excluding hydrogens is 327 g/mol. The lowest BCUT2D eigenvalue weighted by atomic mass is 10.1. The number of halogens is 1. The first kappa shape index (κ1) is 15.4. The van der Waals surface area contributed by atoms with Gasteiger partial charge < -0.3 is 4.90 Å². The fourth-order valence-corrected chi connectivity index (χ4v) is 5.25. The van der Waals surface area contributed by atoms with Crippen molar-refractivity contribution in [3.05, 3.63) is 53.8 Å². The Balaban J connectivity index is 1.80. The molecule has 0 saturated carbocycles. The Bertz CT molecular complexity index is 876. The van der Waals surface area contributed by atoms with E-state index in [1.807, 2.05) is 24.3 Å². The Morgan fingerprint density at radius 1 is 0.875 bits per heavy atom. The molecule has 1 fully saturated rings. The van der Waals surface area contributed by atoms with E-state index < -0.39 is 15.8 Å². The topological polar surface area (TPSA) is 40.6 Å². The van der Waals surface area contributed by atoms with Crippen molar-refractivity contribution >= 4 is 21.4 Å². The number of piperidine rings is 1. The van der Waals surface area contributed by atoms with Crippen LogP contribution in [0, 0.1) is 5.82 Å². The van der Waals surface area contributed by atoms with Crippen molar-refractivity contribution in [3.63, 3.8) is 0 Å². The molecule has 4 nitrogen and oxygen atoms in total. The van der Waals surface area contributed by atoms with E-state index in [-0.39, 0.29) is 17.0 Å². The molecule has 0 aliphatic carbocycles. The van der Waals surface area contributed by atoms with E-state index in [1.165, 1.54) is 28.9 Å². The minimum absolute atomic E-state index is 0.0508. The largest absolute Gasteiger partial charge is 0.370 e. The minimum atomic E-state index is -3.72. The van der Waals surface area contributed by atoms with Gasteiger partial charge in [-0.15, -0.1) is 0 Å². The van der Waals surface area contributed by atoms with Gasteiger partial charge in [0, 0.05) is 18.7 Å². The van der Waals surface area contributed by atoms with E-state index in [0.717, 1.165) is 31.6 Å². The average molecular weight is 346 g/mol. The number of anilines is 2. The minimum Gasteiger partial charge on any atom is -0.370 e. The Labute approximate surface area is 141 Å². The molecule has 0 radical (unpaired) electrons. The lowest BCUT2D eigenvalue weighted by Gasteiger charge is -2.32. The van der Waals surface area contributed by atoms with Crippen LogP contribution in [0.25, 0.3) is 0 Å². The van der Waals surface area contributed by atoms with Crippen molar-refractivity contribution in [1.82, 2.24) is 0 Å². The predicted octanol–water partition coefficient (Wildman–Crippen LogP) is 3.52. The first-order chi connectivity index (χ1) is 11.6. The predicted molar refractivity (Wildman–Crippen MR) is 92.3 cm³/mol. The van der Waals surface area contributed by atoms with Crippen LogP contribution < -0.4 is 9.21 Å². The fourth-order valence-electron chi connectivity index (χ4n) is 3.57. The molecule has 0 N–H and O–H groups in total.